The first-order chi connectivity index (χ1) is 17.9. The summed E-state index contributed by atoms with van der Waals surface area (Å²) in [6.07, 6.45) is 3.21. The number of carbonyl (C=O) groups is 1. The average molecular weight is 491 g/mol. The molecule has 0 atom stereocenters. The monoisotopic (exact) mass is 490 g/mol. The fourth-order valence-electron chi connectivity index (χ4n) is 4.83. The maximum atomic E-state index is 12.9. The predicted octanol–water partition coefficient (Wildman–Crippen LogP) is 6.13. The van der Waals surface area contributed by atoms with Gasteiger partial charge in [-0.1, -0.05) is 86.6 Å². The Hall–Kier alpha value is -3.83. The van der Waals surface area contributed by atoms with Crippen molar-refractivity contribution < 1.29 is 4.79 Å². The lowest BCUT2D eigenvalue weighted by molar-refractivity contribution is -0.117. The molecule has 1 amide bonds. The van der Waals surface area contributed by atoms with Gasteiger partial charge in [0.05, 0.1) is 13.0 Å². The zero-order valence-corrected chi connectivity index (χ0v) is 22.1. The summed E-state index contributed by atoms with van der Waals surface area (Å²) in [7, 11) is 4.20. The molecule has 37 heavy (non-hydrogen) atoms. The minimum atomic E-state index is 0.0657. The molecule has 0 N–H and O–H groups in total. The van der Waals surface area contributed by atoms with Crippen LogP contribution < -0.4 is 4.90 Å². The highest BCUT2D eigenvalue weighted by Crippen LogP contribution is 2.33. The number of hydrogen-bond acceptors (Lipinski definition) is 4. The van der Waals surface area contributed by atoms with Gasteiger partial charge in [0, 0.05) is 23.9 Å². The lowest BCUT2D eigenvalue weighted by Crippen LogP contribution is -2.26. The largest absolute Gasteiger partial charge is 0.309 e. The number of fused-ring (bicyclic) bond motifs is 1. The van der Waals surface area contributed by atoms with Crippen molar-refractivity contribution >= 4 is 11.7 Å². The molecule has 0 aliphatic carbocycles. The van der Waals surface area contributed by atoms with E-state index in [2.05, 4.69) is 98.5 Å². The molecule has 0 spiro atoms. The van der Waals surface area contributed by atoms with Gasteiger partial charge in [-0.3, -0.25) is 9.69 Å². The van der Waals surface area contributed by atoms with Gasteiger partial charge in [0.1, 0.15) is 5.82 Å². The van der Waals surface area contributed by atoms with E-state index in [0.717, 1.165) is 35.5 Å². The number of anilines is 1. The number of hydrogen-bond donors (Lipinski definition) is 0. The maximum Gasteiger partial charge on any atom is 0.233 e. The van der Waals surface area contributed by atoms with Gasteiger partial charge >= 0.3 is 0 Å². The van der Waals surface area contributed by atoms with E-state index in [1.54, 1.807) is 4.90 Å². The number of aromatic nitrogens is 2. The summed E-state index contributed by atoms with van der Waals surface area (Å²) in [6, 6.07) is 25.5. The van der Waals surface area contributed by atoms with E-state index < -0.39 is 0 Å². The van der Waals surface area contributed by atoms with Crippen molar-refractivity contribution in [3.63, 3.8) is 0 Å². The molecule has 0 unspecified atom stereocenters. The van der Waals surface area contributed by atoms with Crippen LogP contribution in [0.1, 0.15) is 42.0 Å². The van der Waals surface area contributed by atoms with Crippen LogP contribution in [0.5, 0.6) is 0 Å². The summed E-state index contributed by atoms with van der Waals surface area (Å²) in [5.74, 6) is 1.83. The van der Waals surface area contributed by atoms with Crippen LogP contribution in [0.2, 0.25) is 0 Å². The van der Waals surface area contributed by atoms with Crippen LogP contribution in [0.4, 0.5) is 5.82 Å². The van der Waals surface area contributed by atoms with Gasteiger partial charge in [-0.2, -0.15) is 0 Å². The minimum Gasteiger partial charge on any atom is -0.309 e. The minimum absolute atomic E-state index is 0.0657. The summed E-state index contributed by atoms with van der Waals surface area (Å²) in [4.78, 5) is 26.4. The van der Waals surface area contributed by atoms with Crippen molar-refractivity contribution in [1.82, 2.24) is 14.9 Å². The Morgan fingerprint density at radius 1 is 0.892 bits per heavy atom. The van der Waals surface area contributed by atoms with E-state index in [-0.39, 0.29) is 5.91 Å². The zero-order valence-electron chi connectivity index (χ0n) is 22.1. The third-order valence-corrected chi connectivity index (χ3v) is 6.99. The second-order valence-corrected chi connectivity index (χ2v) is 10.4. The van der Waals surface area contributed by atoms with Crippen LogP contribution in [-0.4, -0.2) is 41.4 Å². The van der Waals surface area contributed by atoms with Crippen molar-refractivity contribution in [3.05, 3.63) is 101 Å². The van der Waals surface area contributed by atoms with Crippen molar-refractivity contribution in [2.45, 2.75) is 39.2 Å². The SMILES string of the molecule is CC(C)c1ccccc1-c1ncc2c(n1)N(Cc1ccc(-c3ccc(CCN(C)C)cc3)cc1)C(=O)C2. The van der Waals surface area contributed by atoms with Crippen LogP contribution in [-0.2, 0) is 24.2 Å². The van der Waals surface area contributed by atoms with Crippen LogP contribution >= 0.6 is 0 Å². The van der Waals surface area contributed by atoms with Gasteiger partial charge in [-0.15, -0.1) is 0 Å². The van der Waals surface area contributed by atoms with Crippen molar-refractivity contribution in [1.29, 1.82) is 0 Å². The van der Waals surface area contributed by atoms with Crippen LogP contribution in [0.25, 0.3) is 22.5 Å². The zero-order chi connectivity index (χ0) is 25.9. The third-order valence-electron chi connectivity index (χ3n) is 6.99. The van der Waals surface area contributed by atoms with Crippen LogP contribution in [0.15, 0.2) is 79.0 Å². The Balaban J connectivity index is 1.34. The molecule has 5 heteroatoms. The molecule has 4 aromatic rings. The highest BCUT2D eigenvalue weighted by Gasteiger charge is 2.30. The van der Waals surface area contributed by atoms with Crippen LogP contribution in [0.3, 0.4) is 0 Å². The maximum absolute atomic E-state index is 12.9. The molecular weight excluding hydrogens is 456 g/mol. The smallest absolute Gasteiger partial charge is 0.233 e. The Morgan fingerprint density at radius 3 is 2.19 bits per heavy atom. The molecule has 0 saturated heterocycles. The standard InChI is InChI=1S/C32H34N4O/c1-22(2)28-7-5-6-8-29(28)31-33-20-27-19-30(37)36(32(27)34-31)21-24-11-15-26(16-12-24)25-13-9-23(10-14-25)17-18-35(3)4/h5-16,20,22H,17-19,21H2,1-4H3. The molecule has 0 bridgehead atoms. The summed E-state index contributed by atoms with van der Waals surface area (Å²) in [5.41, 5.74) is 7.92. The van der Waals surface area contributed by atoms with E-state index in [9.17, 15) is 4.79 Å². The fraction of sp³-hybridized carbons (Fsp3) is 0.281. The Bertz CT molecular complexity index is 1390. The van der Waals surface area contributed by atoms with Gasteiger partial charge in [-0.05, 0) is 54.3 Å². The Morgan fingerprint density at radius 2 is 1.54 bits per heavy atom. The van der Waals surface area contributed by atoms with Crippen molar-refractivity contribution in [2.75, 3.05) is 25.5 Å². The molecule has 1 aliphatic rings. The number of likely N-dealkylation sites (N-methyl/N-ethyl adjacent to an activating group) is 1. The molecule has 3 aromatic carbocycles. The molecule has 0 saturated carbocycles. The average Bonchev–Trinajstić information content (AvgIpc) is 3.22. The normalized spacial score (nSPS) is 13.0. The lowest BCUT2D eigenvalue weighted by Gasteiger charge is -2.18. The Kier molecular flexibility index (Phi) is 7.15. The van der Waals surface area contributed by atoms with Gasteiger partial charge in [0.15, 0.2) is 5.82 Å². The molecule has 188 valence electrons. The predicted molar refractivity (Wildman–Crippen MR) is 151 cm³/mol. The first-order valence-electron chi connectivity index (χ1n) is 13.0. The third kappa shape index (κ3) is 5.47. The number of amides is 1. The topological polar surface area (TPSA) is 49.3 Å². The second-order valence-electron chi connectivity index (χ2n) is 10.4. The molecular formula is C32H34N4O. The van der Waals surface area contributed by atoms with E-state index in [4.69, 9.17) is 4.98 Å². The quantitative estimate of drug-likeness (QED) is 0.298. The number of nitrogens with zero attached hydrogens (tertiary/aromatic N) is 4. The summed E-state index contributed by atoms with van der Waals surface area (Å²) >= 11 is 0. The molecule has 5 nitrogen and oxygen atoms in total. The van der Waals surface area contributed by atoms with Crippen molar-refractivity contribution in [2.24, 2.45) is 0 Å². The summed E-state index contributed by atoms with van der Waals surface area (Å²) < 4.78 is 0. The van der Waals surface area contributed by atoms with Crippen LogP contribution in [0, 0.1) is 0 Å². The lowest BCUT2D eigenvalue weighted by atomic mass is 9.97. The first-order valence-corrected chi connectivity index (χ1v) is 13.0. The van der Waals surface area contributed by atoms with Gasteiger partial charge in [-0.25, -0.2) is 9.97 Å². The van der Waals surface area contributed by atoms with E-state index in [1.807, 2.05) is 18.3 Å². The highest BCUT2D eigenvalue weighted by molar-refractivity contribution is 6.00. The molecule has 0 fully saturated rings. The molecule has 1 aromatic heterocycles. The van der Waals surface area contributed by atoms with E-state index >= 15 is 0 Å². The number of benzene rings is 3. The van der Waals surface area contributed by atoms with E-state index in [1.165, 1.54) is 22.3 Å². The van der Waals surface area contributed by atoms with Gasteiger partial charge in [0.25, 0.3) is 0 Å². The van der Waals surface area contributed by atoms with Crippen molar-refractivity contribution in [3.8, 4) is 22.5 Å². The van der Waals surface area contributed by atoms with E-state index in [0.29, 0.717) is 24.7 Å². The fourth-order valence-corrected chi connectivity index (χ4v) is 4.83. The molecule has 2 heterocycles. The summed E-state index contributed by atoms with van der Waals surface area (Å²) in [6.45, 7) is 5.89. The number of rotatable bonds is 8. The number of carbonyl (C=O) groups excluding carboxylic acids is 1. The highest BCUT2D eigenvalue weighted by atomic mass is 16.2. The molecule has 5 rings (SSSR count). The first kappa shape index (κ1) is 24.8. The summed E-state index contributed by atoms with van der Waals surface area (Å²) in [5, 5.41) is 0. The second kappa shape index (κ2) is 10.7. The molecule has 0 radical (unpaired) electrons. The Labute approximate surface area is 219 Å². The molecule has 1 aliphatic heterocycles. The van der Waals surface area contributed by atoms with Gasteiger partial charge < -0.3 is 4.90 Å². The van der Waals surface area contributed by atoms with Gasteiger partial charge in [0.2, 0.25) is 5.91 Å².